The Labute approximate surface area is 210 Å². The Hall–Kier alpha value is -3.43. The molecule has 2 heterocycles. The minimum absolute atomic E-state index is 0.0605. The minimum Gasteiger partial charge on any atom is -0.477 e. The number of anilines is 1. The number of nitrogens with zero attached hydrogens (tertiary/aromatic N) is 3. The van der Waals surface area contributed by atoms with Crippen LogP contribution < -0.4 is 15.4 Å². The van der Waals surface area contributed by atoms with Crippen molar-refractivity contribution in [1.29, 1.82) is 0 Å². The molecule has 7 nitrogen and oxygen atoms in total. The van der Waals surface area contributed by atoms with Gasteiger partial charge in [0.15, 0.2) is 11.6 Å². The Morgan fingerprint density at radius 3 is 2.61 bits per heavy atom. The first-order valence-corrected chi connectivity index (χ1v) is 12.1. The first-order chi connectivity index (χ1) is 17.4. The van der Waals surface area contributed by atoms with Gasteiger partial charge in [-0.2, -0.15) is 0 Å². The molecule has 0 aliphatic carbocycles. The number of benzene rings is 2. The fraction of sp³-hybridized carbons (Fsp3) is 0.370. The molecule has 0 bridgehead atoms. The lowest BCUT2D eigenvalue weighted by Gasteiger charge is -2.24. The summed E-state index contributed by atoms with van der Waals surface area (Å²) in [6, 6.07) is 13.8. The maximum atomic E-state index is 14.0. The van der Waals surface area contributed by atoms with Gasteiger partial charge in [-0.25, -0.2) is 13.5 Å². The van der Waals surface area contributed by atoms with Crippen molar-refractivity contribution >= 4 is 5.82 Å². The Bertz CT molecular complexity index is 1180. The number of aromatic nitrogens is 2. The van der Waals surface area contributed by atoms with E-state index < -0.39 is 11.6 Å². The highest BCUT2D eigenvalue weighted by Gasteiger charge is 2.34. The van der Waals surface area contributed by atoms with E-state index in [0.29, 0.717) is 38.0 Å². The van der Waals surface area contributed by atoms with Gasteiger partial charge in [0.1, 0.15) is 5.82 Å². The highest BCUT2D eigenvalue weighted by molar-refractivity contribution is 5.57. The third-order valence-electron chi connectivity index (χ3n) is 6.37. The molecule has 3 aromatic rings. The molecule has 4 rings (SSSR count). The second-order valence-corrected chi connectivity index (χ2v) is 8.85. The molecule has 1 aliphatic rings. The van der Waals surface area contributed by atoms with E-state index >= 15 is 0 Å². The summed E-state index contributed by atoms with van der Waals surface area (Å²) in [6.45, 7) is 11.3. The van der Waals surface area contributed by atoms with E-state index in [4.69, 9.17) is 9.47 Å². The average Bonchev–Trinajstić information content (AvgIpc) is 3.41. The van der Waals surface area contributed by atoms with Gasteiger partial charge in [-0.1, -0.05) is 30.8 Å². The molecule has 2 atom stereocenters. The lowest BCUT2D eigenvalue weighted by molar-refractivity contribution is 0.159. The van der Waals surface area contributed by atoms with E-state index in [0.717, 1.165) is 29.2 Å². The summed E-state index contributed by atoms with van der Waals surface area (Å²) in [5.74, 6) is 0.102. The van der Waals surface area contributed by atoms with Gasteiger partial charge in [-0.3, -0.25) is 4.90 Å². The van der Waals surface area contributed by atoms with Crippen molar-refractivity contribution in [3.05, 3.63) is 83.7 Å². The van der Waals surface area contributed by atoms with Crippen LogP contribution in [-0.2, 0) is 4.74 Å². The zero-order valence-electron chi connectivity index (χ0n) is 20.9. The maximum absolute atomic E-state index is 14.0. The number of hydrogen-bond donors (Lipinski definition) is 2. The van der Waals surface area contributed by atoms with Crippen LogP contribution in [0.25, 0.3) is 5.69 Å². The molecular weight excluding hydrogens is 464 g/mol. The first-order valence-electron chi connectivity index (χ1n) is 12.1. The average molecular weight is 498 g/mol. The van der Waals surface area contributed by atoms with Gasteiger partial charge < -0.3 is 20.1 Å². The summed E-state index contributed by atoms with van der Waals surface area (Å²) in [6.07, 6.45) is 0. The lowest BCUT2D eigenvalue weighted by Crippen LogP contribution is -2.37. The van der Waals surface area contributed by atoms with E-state index in [9.17, 15) is 8.78 Å². The van der Waals surface area contributed by atoms with E-state index in [-0.39, 0.29) is 12.0 Å². The molecule has 1 aromatic heterocycles. The number of hydrogen-bond acceptors (Lipinski definition) is 6. The Morgan fingerprint density at radius 2 is 1.92 bits per heavy atom. The molecule has 192 valence electrons. The number of nitrogens with one attached hydrogen (secondary N) is 2. The molecule has 0 radical (unpaired) electrons. The number of halogens is 2. The smallest absolute Gasteiger partial charge is 0.238 e. The van der Waals surface area contributed by atoms with Crippen molar-refractivity contribution in [3.8, 4) is 11.6 Å². The fourth-order valence-electron chi connectivity index (χ4n) is 4.57. The van der Waals surface area contributed by atoms with E-state index in [2.05, 4.69) is 27.2 Å². The van der Waals surface area contributed by atoms with Gasteiger partial charge in [0.2, 0.25) is 5.88 Å². The Morgan fingerprint density at radius 1 is 1.14 bits per heavy atom. The predicted octanol–water partition coefficient (Wildman–Crippen LogP) is 4.44. The summed E-state index contributed by atoms with van der Waals surface area (Å²) < 4.78 is 40.4. The predicted molar refractivity (Wildman–Crippen MR) is 137 cm³/mol. The van der Waals surface area contributed by atoms with E-state index in [1.54, 1.807) is 17.9 Å². The largest absolute Gasteiger partial charge is 0.477 e. The molecule has 1 aliphatic heterocycles. The maximum Gasteiger partial charge on any atom is 0.238 e. The molecule has 0 saturated carbocycles. The monoisotopic (exact) mass is 497 g/mol. The van der Waals surface area contributed by atoms with Crippen molar-refractivity contribution in [1.82, 2.24) is 20.0 Å². The van der Waals surface area contributed by atoms with Gasteiger partial charge in [0.25, 0.3) is 0 Å². The van der Waals surface area contributed by atoms with Crippen LogP contribution >= 0.6 is 0 Å². The molecule has 36 heavy (non-hydrogen) atoms. The standard InChI is InChI=1S/C27H33F2N5O2/c1-5-36-27-18(2)26(34(32-27)21-9-7-6-8-10-21)31-19(3)30-25-17-33(13-14-35-4)16-22(25)20-11-12-23(28)24(29)15-20/h6-12,15,22,25,30-31H,3,5,13-14,16-17H2,1-2,4H3/t22-,25+/m0/s1. The fourth-order valence-corrected chi connectivity index (χ4v) is 4.57. The number of para-hydroxylation sites is 1. The summed E-state index contributed by atoms with van der Waals surface area (Å²) in [4.78, 5) is 2.24. The second kappa shape index (κ2) is 11.5. The van der Waals surface area contributed by atoms with E-state index in [1.165, 1.54) is 12.1 Å². The topological polar surface area (TPSA) is 63.6 Å². The van der Waals surface area contributed by atoms with Crippen molar-refractivity contribution in [2.45, 2.75) is 25.8 Å². The molecule has 1 saturated heterocycles. The third kappa shape index (κ3) is 5.68. The molecule has 9 heteroatoms. The van der Waals surface area contributed by atoms with Crippen molar-refractivity contribution in [3.63, 3.8) is 0 Å². The minimum atomic E-state index is -0.849. The molecule has 1 fully saturated rings. The van der Waals surface area contributed by atoms with Crippen LogP contribution in [0.4, 0.5) is 14.6 Å². The number of ether oxygens (including phenoxy) is 2. The van der Waals surface area contributed by atoms with Gasteiger partial charge in [-0.05, 0) is 43.7 Å². The van der Waals surface area contributed by atoms with Gasteiger partial charge >= 0.3 is 0 Å². The molecule has 0 amide bonds. The Kier molecular flexibility index (Phi) is 8.22. The van der Waals surface area contributed by atoms with Crippen molar-refractivity contribution in [2.75, 3.05) is 45.3 Å². The normalized spacial score (nSPS) is 17.8. The summed E-state index contributed by atoms with van der Waals surface area (Å²) in [5, 5.41) is 11.5. The van der Waals surface area contributed by atoms with E-state index in [1.807, 2.05) is 44.2 Å². The van der Waals surface area contributed by atoms with Crippen LogP contribution in [0.5, 0.6) is 5.88 Å². The second-order valence-electron chi connectivity index (χ2n) is 8.85. The highest BCUT2D eigenvalue weighted by Crippen LogP contribution is 2.31. The van der Waals surface area contributed by atoms with Crippen LogP contribution in [0.3, 0.4) is 0 Å². The summed E-state index contributed by atoms with van der Waals surface area (Å²) >= 11 is 0. The molecule has 2 aromatic carbocycles. The first kappa shape index (κ1) is 25.7. The number of methoxy groups -OCH3 is 1. The highest BCUT2D eigenvalue weighted by atomic mass is 19.2. The van der Waals surface area contributed by atoms with Crippen LogP contribution in [0.1, 0.15) is 24.0 Å². The molecule has 2 N–H and O–H groups in total. The van der Waals surface area contributed by atoms with Gasteiger partial charge in [-0.15, -0.1) is 5.10 Å². The number of likely N-dealkylation sites (tertiary alicyclic amines) is 1. The SMILES string of the molecule is C=C(Nc1c(C)c(OCC)nn1-c1ccccc1)N[C@@H]1CN(CCOC)C[C@H]1c1ccc(F)c(F)c1. The summed E-state index contributed by atoms with van der Waals surface area (Å²) in [5.41, 5.74) is 2.48. The lowest BCUT2D eigenvalue weighted by atomic mass is 9.94. The zero-order valence-corrected chi connectivity index (χ0v) is 20.9. The van der Waals surface area contributed by atoms with Crippen LogP contribution in [-0.4, -0.2) is 60.7 Å². The molecular formula is C27H33F2N5O2. The van der Waals surface area contributed by atoms with Gasteiger partial charge in [0.05, 0.1) is 30.3 Å². The van der Waals surface area contributed by atoms with Crippen LogP contribution in [0, 0.1) is 18.6 Å². The van der Waals surface area contributed by atoms with Crippen molar-refractivity contribution in [2.24, 2.45) is 0 Å². The van der Waals surface area contributed by atoms with Crippen LogP contribution in [0.15, 0.2) is 60.9 Å². The third-order valence-corrected chi connectivity index (χ3v) is 6.37. The Balaban J connectivity index is 1.56. The van der Waals surface area contributed by atoms with Crippen LogP contribution in [0.2, 0.25) is 0 Å². The number of rotatable bonds is 11. The van der Waals surface area contributed by atoms with Crippen molar-refractivity contribution < 1.29 is 18.3 Å². The molecule has 0 unspecified atom stereocenters. The summed E-state index contributed by atoms with van der Waals surface area (Å²) in [7, 11) is 1.67. The molecule has 0 spiro atoms. The van der Waals surface area contributed by atoms with Gasteiger partial charge in [0, 0.05) is 38.7 Å². The zero-order chi connectivity index (χ0) is 25.7. The quantitative estimate of drug-likeness (QED) is 0.408.